The van der Waals surface area contributed by atoms with E-state index in [0.29, 0.717) is 5.02 Å². The van der Waals surface area contributed by atoms with E-state index in [9.17, 15) is 9.59 Å². The van der Waals surface area contributed by atoms with Crippen molar-refractivity contribution in [1.82, 2.24) is 10.6 Å². The molecule has 124 valence electrons. The summed E-state index contributed by atoms with van der Waals surface area (Å²) in [4.78, 5) is 23.8. The topological polar surface area (TPSA) is 58.2 Å². The highest BCUT2D eigenvalue weighted by Gasteiger charge is 2.12. The molecule has 2 aromatic carbocycles. The molecule has 0 atom stereocenters. The van der Waals surface area contributed by atoms with Crippen LogP contribution in [0.4, 0.5) is 0 Å². The molecule has 0 radical (unpaired) electrons. The third-order valence-electron chi connectivity index (χ3n) is 3.16. The first-order valence-electron chi connectivity index (χ1n) is 7.23. The molecule has 24 heavy (non-hydrogen) atoms. The molecular weight excluding hydrogens is 392 g/mol. The van der Waals surface area contributed by atoms with Crippen LogP contribution in [0.3, 0.4) is 0 Å². The first-order chi connectivity index (χ1) is 11.5. The summed E-state index contributed by atoms with van der Waals surface area (Å²) in [5.74, 6) is -0.706. The van der Waals surface area contributed by atoms with Crippen LogP contribution in [0.5, 0.6) is 0 Å². The molecule has 0 bridgehead atoms. The summed E-state index contributed by atoms with van der Waals surface area (Å²) >= 11 is 9.50. The van der Waals surface area contributed by atoms with Gasteiger partial charge >= 0.3 is 0 Å². The van der Waals surface area contributed by atoms with Gasteiger partial charge in [-0.2, -0.15) is 0 Å². The number of hydrogen-bond acceptors (Lipinski definition) is 2. The molecule has 6 heteroatoms. The molecule has 0 saturated heterocycles. The van der Waals surface area contributed by atoms with E-state index < -0.39 is 0 Å². The Morgan fingerprint density at radius 1 is 1.12 bits per heavy atom. The van der Waals surface area contributed by atoms with Crippen LogP contribution in [-0.2, 0) is 16.1 Å². The van der Waals surface area contributed by atoms with Crippen molar-refractivity contribution in [2.75, 3.05) is 0 Å². The van der Waals surface area contributed by atoms with Crippen LogP contribution in [0.15, 0.2) is 58.7 Å². The lowest BCUT2D eigenvalue weighted by Crippen LogP contribution is -2.33. The highest BCUT2D eigenvalue weighted by Crippen LogP contribution is 2.19. The minimum atomic E-state index is -0.388. The molecule has 0 spiro atoms. The summed E-state index contributed by atoms with van der Waals surface area (Å²) in [5.41, 5.74) is 1.76. The summed E-state index contributed by atoms with van der Waals surface area (Å²) < 4.78 is 0.826. The van der Waals surface area contributed by atoms with Crippen LogP contribution >= 0.6 is 27.5 Å². The van der Waals surface area contributed by atoms with Crippen molar-refractivity contribution >= 4 is 45.4 Å². The summed E-state index contributed by atoms with van der Waals surface area (Å²) in [6.07, 6.45) is 1.62. The average molecular weight is 408 g/mol. The van der Waals surface area contributed by atoms with Crippen molar-refractivity contribution in [2.24, 2.45) is 0 Å². The van der Waals surface area contributed by atoms with E-state index in [0.717, 1.165) is 15.6 Å². The molecule has 0 aliphatic rings. The number of halogens is 2. The Hall–Kier alpha value is -2.11. The maximum Gasteiger partial charge on any atom is 0.268 e. The van der Waals surface area contributed by atoms with Gasteiger partial charge in [0.05, 0.1) is 0 Å². The number of nitrogens with one attached hydrogen (secondary N) is 2. The van der Waals surface area contributed by atoms with Crippen molar-refractivity contribution in [1.29, 1.82) is 0 Å². The first-order valence-corrected chi connectivity index (χ1v) is 8.40. The van der Waals surface area contributed by atoms with Gasteiger partial charge < -0.3 is 10.6 Å². The lowest BCUT2D eigenvalue weighted by molar-refractivity contribution is -0.122. The molecule has 0 aromatic heterocycles. The maximum absolute atomic E-state index is 12.4. The summed E-state index contributed by atoms with van der Waals surface area (Å²) in [6.45, 7) is 1.63. The fourth-order valence-electron chi connectivity index (χ4n) is 2.01. The van der Waals surface area contributed by atoms with E-state index in [1.165, 1.54) is 6.92 Å². The molecule has 0 unspecified atom stereocenters. The zero-order valence-electron chi connectivity index (χ0n) is 13.0. The third-order valence-corrected chi connectivity index (χ3v) is 4.25. The number of hydrogen-bond donors (Lipinski definition) is 2. The zero-order chi connectivity index (χ0) is 17.5. The number of benzene rings is 2. The largest absolute Gasteiger partial charge is 0.347 e. The lowest BCUT2D eigenvalue weighted by atomic mass is 10.1. The normalized spacial score (nSPS) is 11.0. The predicted octanol–water partition coefficient (Wildman–Crippen LogP) is 3.90. The molecule has 0 aliphatic carbocycles. The quantitative estimate of drug-likeness (QED) is 0.739. The Bertz CT molecular complexity index is 790. The second-order valence-electron chi connectivity index (χ2n) is 5.03. The van der Waals surface area contributed by atoms with Crippen molar-refractivity contribution in [3.63, 3.8) is 0 Å². The van der Waals surface area contributed by atoms with Gasteiger partial charge in [0.15, 0.2) is 0 Å². The lowest BCUT2D eigenvalue weighted by Gasteiger charge is -2.11. The van der Waals surface area contributed by atoms with E-state index in [4.69, 9.17) is 11.6 Å². The van der Waals surface area contributed by atoms with E-state index in [1.54, 1.807) is 12.1 Å². The van der Waals surface area contributed by atoms with Gasteiger partial charge in [-0.15, -0.1) is 0 Å². The zero-order valence-corrected chi connectivity index (χ0v) is 15.3. The van der Waals surface area contributed by atoms with Gasteiger partial charge in [-0.3, -0.25) is 9.59 Å². The van der Waals surface area contributed by atoms with Gasteiger partial charge in [0.1, 0.15) is 5.70 Å². The molecule has 2 aromatic rings. The molecule has 4 nitrogen and oxygen atoms in total. The SMILES string of the molecule is CC(=O)NC(=Cc1ccccc1Br)C(=O)NCc1ccccc1Cl. The maximum atomic E-state index is 12.4. The Morgan fingerprint density at radius 3 is 2.46 bits per heavy atom. The fraction of sp³-hybridized carbons (Fsp3) is 0.111. The first kappa shape index (κ1) is 18.2. The minimum absolute atomic E-state index is 0.168. The van der Waals surface area contributed by atoms with E-state index in [2.05, 4.69) is 26.6 Å². The molecule has 2 rings (SSSR count). The molecule has 0 heterocycles. The van der Waals surface area contributed by atoms with Gasteiger partial charge in [0.25, 0.3) is 5.91 Å². The van der Waals surface area contributed by atoms with Crippen LogP contribution < -0.4 is 10.6 Å². The molecule has 2 N–H and O–H groups in total. The Kier molecular flexibility index (Phi) is 6.58. The Morgan fingerprint density at radius 2 is 1.79 bits per heavy atom. The smallest absolute Gasteiger partial charge is 0.268 e. The van der Waals surface area contributed by atoms with Gasteiger partial charge in [0, 0.05) is 23.0 Å². The standard InChI is InChI=1S/C18H16BrClN2O2/c1-12(23)22-17(10-13-6-2-4-8-15(13)19)18(24)21-11-14-7-3-5-9-16(14)20/h2-10H,11H2,1H3,(H,21,24)(H,22,23). The Labute approximate surface area is 154 Å². The molecule has 0 fully saturated rings. The number of rotatable bonds is 5. The van der Waals surface area contributed by atoms with E-state index in [-0.39, 0.29) is 24.1 Å². The van der Waals surface area contributed by atoms with Gasteiger partial charge in [-0.25, -0.2) is 0 Å². The van der Waals surface area contributed by atoms with Crippen molar-refractivity contribution in [3.05, 3.63) is 74.9 Å². The van der Waals surface area contributed by atoms with Crippen LogP contribution in [0, 0.1) is 0 Å². The van der Waals surface area contributed by atoms with Crippen molar-refractivity contribution in [2.45, 2.75) is 13.5 Å². The van der Waals surface area contributed by atoms with Crippen molar-refractivity contribution in [3.8, 4) is 0 Å². The second kappa shape index (κ2) is 8.66. The molecular formula is C18H16BrClN2O2. The predicted molar refractivity (Wildman–Crippen MR) is 99.2 cm³/mol. The average Bonchev–Trinajstić information content (AvgIpc) is 2.55. The van der Waals surface area contributed by atoms with Crippen LogP contribution in [0.2, 0.25) is 5.02 Å². The highest BCUT2D eigenvalue weighted by atomic mass is 79.9. The van der Waals surface area contributed by atoms with Crippen molar-refractivity contribution < 1.29 is 9.59 Å². The number of amides is 2. The number of carbonyl (C=O) groups excluding carboxylic acids is 2. The molecule has 2 amide bonds. The number of carbonyl (C=O) groups is 2. The van der Waals surface area contributed by atoms with Crippen LogP contribution in [0.25, 0.3) is 6.08 Å². The van der Waals surface area contributed by atoms with Gasteiger partial charge in [-0.05, 0) is 29.3 Å². The summed E-state index contributed by atoms with van der Waals surface area (Å²) in [7, 11) is 0. The van der Waals surface area contributed by atoms with Gasteiger partial charge in [0.2, 0.25) is 5.91 Å². The third kappa shape index (κ3) is 5.22. The molecule has 0 aliphatic heterocycles. The minimum Gasteiger partial charge on any atom is -0.347 e. The monoisotopic (exact) mass is 406 g/mol. The molecule has 0 saturated carbocycles. The van der Waals surface area contributed by atoms with E-state index in [1.807, 2.05) is 42.5 Å². The summed E-state index contributed by atoms with van der Waals surface area (Å²) in [5, 5.41) is 5.90. The van der Waals surface area contributed by atoms with Crippen LogP contribution in [-0.4, -0.2) is 11.8 Å². The van der Waals surface area contributed by atoms with E-state index >= 15 is 0 Å². The Balaban J connectivity index is 2.18. The fourth-order valence-corrected chi connectivity index (χ4v) is 2.61. The van der Waals surface area contributed by atoms with Gasteiger partial charge in [-0.1, -0.05) is 63.9 Å². The van der Waals surface area contributed by atoms with Crippen LogP contribution in [0.1, 0.15) is 18.1 Å². The summed E-state index contributed by atoms with van der Waals surface area (Å²) in [6, 6.07) is 14.7. The second-order valence-corrected chi connectivity index (χ2v) is 6.30. The highest BCUT2D eigenvalue weighted by molar-refractivity contribution is 9.10.